The molecule has 3 rings (SSSR count). The van der Waals surface area contributed by atoms with Gasteiger partial charge in [0.05, 0.1) is 0 Å². The van der Waals surface area contributed by atoms with Gasteiger partial charge in [-0.15, -0.1) is 0 Å². The summed E-state index contributed by atoms with van der Waals surface area (Å²) in [5, 5.41) is 13.5. The van der Waals surface area contributed by atoms with Gasteiger partial charge in [0.25, 0.3) is 0 Å². The summed E-state index contributed by atoms with van der Waals surface area (Å²) in [5.74, 6) is -1.46. The number of phenolic OH excluding ortho intramolecular Hbond substituents is 1. The van der Waals surface area contributed by atoms with Gasteiger partial charge in [0.2, 0.25) is 0 Å². The maximum absolute atomic E-state index is 12.3. The number of hydrogen-bond acceptors (Lipinski definition) is 6. The van der Waals surface area contributed by atoms with E-state index < -0.39 is 11.9 Å². The third-order valence-electron chi connectivity index (χ3n) is 3.38. The first-order valence-corrected chi connectivity index (χ1v) is 8.37. The summed E-state index contributed by atoms with van der Waals surface area (Å²) in [7, 11) is 0. The average Bonchev–Trinajstić information content (AvgIpc) is 3.14. The van der Waals surface area contributed by atoms with Crippen LogP contribution in [-0.2, 0) is 11.3 Å². The molecule has 0 spiro atoms. The van der Waals surface area contributed by atoms with Crippen LogP contribution < -0.4 is 4.74 Å². The Bertz CT molecular complexity index is 886. The zero-order valence-electron chi connectivity index (χ0n) is 13.0. The van der Waals surface area contributed by atoms with Crippen molar-refractivity contribution < 1.29 is 24.2 Å². The first-order valence-electron chi connectivity index (χ1n) is 7.42. The summed E-state index contributed by atoms with van der Waals surface area (Å²) in [5.41, 5.74) is 1.05. The smallest absolute Gasteiger partial charge is 0.347 e. The van der Waals surface area contributed by atoms with Crippen LogP contribution in [0, 0.1) is 0 Å². The predicted molar refractivity (Wildman–Crippen MR) is 92.9 cm³/mol. The second-order valence-corrected chi connectivity index (χ2v) is 5.89. The fourth-order valence-corrected chi connectivity index (χ4v) is 2.78. The van der Waals surface area contributed by atoms with E-state index in [-0.39, 0.29) is 29.2 Å². The number of carbonyl (C=O) groups excluding carboxylic acids is 2. The summed E-state index contributed by atoms with van der Waals surface area (Å²) < 4.78 is 10.5. The molecule has 0 bridgehead atoms. The molecule has 0 unspecified atom stereocenters. The van der Waals surface area contributed by atoms with Crippen LogP contribution in [0.5, 0.6) is 11.5 Å². The van der Waals surface area contributed by atoms with Crippen molar-refractivity contribution in [3.63, 3.8) is 0 Å². The van der Waals surface area contributed by atoms with Crippen molar-refractivity contribution in [2.24, 2.45) is 0 Å². The molecule has 25 heavy (non-hydrogen) atoms. The van der Waals surface area contributed by atoms with Crippen molar-refractivity contribution in [1.29, 1.82) is 0 Å². The van der Waals surface area contributed by atoms with E-state index in [1.165, 1.54) is 35.6 Å². The number of benzene rings is 2. The van der Waals surface area contributed by atoms with Crippen LogP contribution in [0.3, 0.4) is 0 Å². The number of phenols is 1. The molecular weight excluding hydrogens is 340 g/mol. The minimum atomic E-state index is -0.754. The Morgan fingerprint density at radius 2 is 1.64 bits per heavy atom. The predicted octanol–water partition coefficient (Wildman–Crippen LogP) is 4.03. The first-order chi connectivity index (χ1) is 12.1. The van der Waals surface area contributed by atoms with E-state index in [1.807, 2.05) is 16.8 Å². The Morgan fingerprint density at radius 1 is 0.920 bits per heavy atom. The molecule has 1 heterocycles. The molecule has 3 aromatic rings. The van der Waals surface area contributed by atoms with Crippen LogP contribution in [0.2, 0.25) is 0 Å². The molecule has 2 aromatic carbocycles. The zero-order chi connectivity index (χ0) is 17.6. The number of hydrogen-bond donors (Lipinski definition) is 1. The van der Waals surface area contributed by atoms with Gasteiger partial charge in [-0.25, -0.2) is 9.59 Å². The molecule has 0 saturated carbocycles. The lowest BCUT2D eigenvalue weighted by Gasteiger charge is -2.10. The zero-order valence-corrected chi connectivity index (χ0v) is 13.9. The monoisotopic (exact) mass is 354 g/mol. The van der Waals surface area contributed by atoms with Crippen molar-refractivity contribution in [1.82, 2.24) is 0 Å². The van der Waals surface area contributed by atoms with Crippen LogP contribution in [0.15, 0.2) is 65.4 Å². The van der Waals surface area contributed by atoms with Crippen molar-refractivity contribution in [2.75, 3.05) is 0 Å². The minimum Gasteiger partial charge on any atom is -0.507 e. The van der Waals surface area contributed by atoms with Gasteiger partial charge in [-0.2, -0.15) is 11.3 Å². The van der Waals surface area contributed by atoms with Gasteiger partial charge in [-0.05, 0) is 41.1 Å². The van der Waals surface area contributed by atoms with Crippen LogP contribution in [-0.4, -0.2) is 17.0 Å². The highest BCUT2D eigenvalue weighted by Crippen LogP contribution is 2.23. The van der Waals surface area contributed by atoms with Gasteiger partial charge in [0.15, 0.2) is 0 Å². The van der Waals surface area contributed by atoms with E-state index in [4.69, 9.17) is 9.47 Å². The number of para-hydroxylation sites is 2. The maximum Gasteiger partial charge on any atom is 0.347 e. The Kier molecular flexibility index (Phi) is 5.11. The van der Waals surface area contributed by atoms with Crippen molar-refractivity contribution in [3.05, 3.63) is 82.0 Å². The molecule has 0 aliphatic heterocycles. The summed E-state index contributed by atoms with van der Waals surface area (Å²) in [6.07, 6.45) is 0. The molecule has 1 N–H and O–H groups in total. The van der Waals surface area contributed by atoms with Gasteiger partial charge < -0.3 is 14.6 Å². The number of esters is 2. The van der Waals surface area contributed by atoms with Crippen molar-refractivity contribution >= 4 is 23.3 Å². The molecule has 0 aliphatic rings. The second-order valence-electron chi connectivity index (χ2n) is 5.11. The van der Waals surface area contributed by atoms with E-state index in [9.17, 15) is 14.7 Å². The topological polar surface area (TPSA) is 72.8 Å². The number of ether oxygens (including phenoxy) is 2. The number of rotatable bonds is 5. The second kappa shape index (κ2) is 7.63. The minimum absolute atomic E-state index is 0.0175. The molecule has 0 amide bonds. The van der Waals surface area contributed by atoms with Gasteiger partial charge >= 0.3 is 11.9 Å². The molecular formula is C19H14O5S. The normalized spacial score (nSPS) is 10.2. The van der Waals surface area contributed by atoms with Crippen molar-refractivity contribution in [2.45, 2.75) is 6.61 Å². The van der Waals surface area contributed by atoms with Gasteiger partial charge in [-0.1, -0.05) is 24.3 Å². The number of thiophene rings is 1. The first kappa shape index (κ1) is 16.7. The van der Waals surface area contributed by atoms with E-state index in [1.54, 1.807) is 24.3 Å². The van der Waals surface area contributed by atoms with E-state index in [2.05, 4.69) is 0 Å². The third kappa shape index (κ3) is 4.05. The summed E-state index contributed by atoms with van der Waals surface area (Å²) >= 11 is 1.51. The highest BCUT2D eigenvalue weighted by Gasteiger charge is 2.19. The van der Waals surface area contributed by atoms with Crippen LogP contribution in [0.4, 0.5) is 0 Å². The fraction of sp³-hybridized carbons (Fsp3) is 0.0526. The van der Waals surface area contributed by atoms with Crippen LogP contribution in [0.25, 0.3) is 0 Å². The van der Waals surface area contributed by atoms with Gasteiger partial charge in [0.1, 0.15) is 29.2 Å². The van der Waals surface area contributed by atoms with Crippen molar-refractivity contribution in [3.8, 4) is 11.5 Å². The van der Waals surface area contributed by atoms with Gasteiger partial charge in [0, 0.05) is 5.56 Å². The van der Waals surface area contributed by atoms with E-state index in [0.29, 0.717) is 0 Å². The lowest BCUT2D eigenvalue weighted by atomic mass is 10.2. The molecule has 126 valence electrons. The number of carbonyl (C=O) groups is 2. The highest BCUT2D eigenvalue weighted by atomic mass is 32.1. The summed E-state index contributed by atoms with van der Waals surface area (Å²) in [6.45, 7) is 0.143. The maximum atomic E-state index is 12.3. The van der Waals surface area contributed by atoms with Crippen LogP contribution >= 0.6 is 11.3 Å². The van der Waals surface area contributed by atoms with Gasteiger partial charge in [-0.3, -0.25) is 0 Å². The van der Waals surface area contributed by atoms with Crippen LogP contribution in [0.1, 0.15) is 26.3 Å². The Morgan fingerprint density at radius 3 is 2.36 bits per heavy atom. The SMILES string of the molecule is O=C(Oc1ccccc1C(=O)OCc1ccsc1)c1ccccc1O. The Balaban J connectivity index is 1.75. The molecule has 0 saturated heterocycles. The summed E-state index contributed by atoms with van der Waals surface area (Å²) in [6, 6.07) is 14.2. The molecule has 0 radical (unpaired) electrons. The quantitative estimate of drug-likeness (QED) is 0.553. The fourth-order valence-electron chi connectivity index (χ4n) is 2.13. The Hall–Kier alpha value is -3.12. The molecule has 6 heteroatoms. The average molecular weight is 354 g/mol. The lowest BCUT2D eigenvalue weighted by molar-refractivity contribution is 0.0468. The number of aromatic hydroxyl groups is 1. The molecule has 1 aromatic heterocycles. The molecule has 0 fully saturated rings. The molecule has 0 atom stereocenters. The Labute approximate surface area is 148 Å². The standard InChI is InChI=1S/C19H14O5S/c20-16-7-3-1-5-14(16)19(22)24-17-8-4-2-6-15(17)18(21)23-11-13-9-10-25-12-13/h1-10,12,20H,11H2. The molecule has 5 nitrogen and oxygen atoms in total. The summed E-state index contributed by atoms with van der Waals surface area (Å²) in [4.78, 5) is 24.5. The van der Waals surface area contributed by atoms with E-state index in [0.717, 1.165) is 5.56 Å². The largest absolute Gasteiger partial charge is 0.507 e. The highest BCUT2D eigenvalue weighted by molar-refractivity contribution is 7.07. The third-order valence-corrected chi connectivity index (χ3v) is 4.12. The van der Waals surface area contributed by atoms with E-state index >= 15 is 0 Å². The molecule has 0 aliphatic carbocycles. The lowest BCUT2D eigenvalue weighted by Crippen LogP contribution is -2.13.